The molecule has 1 amide bonds. The van der Waals surface area contributed by atoms with Crippen LogP contribution in [0.4, 0.5) is 0 Å². The number of rotatable bonds is 6. The fourth-order valence-corrected chi connectivity index (χ4v) is 2.49. The Hall–Kier alpha value is -1.10. The van der Waals surface area contributed by atoms with Gasteiger partial charge in [-0.1, -0.05) is 36.7 Å². The van der Waals surface area contributed by atoms with Crippen LogP contribution in [-0.2, 0) is 10.4 Å². The summed E-state index contributed by atoms with van der Waals surface area (Å²) in [6.07, 6.45) is 0.715. The van der Waals surface area contributed by atoms with E-state index in [1.54, 1.807) is 25.1 Å². The molecule has 0 spiro atoms. The Morgan fingerprint density at radius 1 is 1.45 bits per heavy atom. The van der Waals surface area contributed by atoms with E-state index in [1.807, 2.05) is 32.0 Å². The van der Waals surface area contributed by atoms with Gasteiger partial charge in [0.05, 0.1) is 12.6 Å². The minimum atomic E-state index is -1.20. The van der Waals surface area contributed by atoms with Gasteiger partial charge >= 0.3 is 0 Å². The number of amides is 1. The average molecular weight is 299 g/mol. The number of hydrogen-bond acceptors (Lipinski definition) is 3. The zero-order chi connectivity index (χ0) is 15.3. The lowest BCUT2D eigenvalue weighted by molar-refractivity contribution is -0.126. The number of carbonyl (C=O) groups is 1. The molecular formula is C15H23ClN2O2. The van der Waals surface area contributed by atoms with Crippen LogP contribution in [0, 0.1) is 0 Å². The molecule has 0 saturated carbocycles. The maximum absolute atomic E-state index is 12.1. The molecular weight excluding hydrogens is 276 g/mol. The Morgan fingerprint density at radius 3 is 2.55 bits per heavy atom. The summed E-state index contributed by atoms with van der Waals surface area (Å²) in [7, 11) is 3.72. The van der Waals surface area contributed by atoms with Gasteiger partial charge in [0.2, 0.25) is 5.91 Å². The average Bonchev–Trinajstić information content (AvgIpc) is 2.37. The number of likely N-dealkylation sites (N-methyl/N-ethyl adjacent to an activating group) is 1. The van der Waals surface area contributed by atoms with Crippen molar-refractivity contribution in [1.29, 1.82) is 0 Å². The monoisotopic (exact) mass is 298 g/mol. The van der Waals surface area contributed by atoms with Crippen molar-refractivity contribution in [3.8, 4) is 0 Å². The van der Waals surface area contributed by atoms with Gasteiger partial charge in [-0.15, -0.1) is 0 Å². The Bertz CT molecular complexity index is 461. The Morgan fingerprint density at radius 2 is 2.05 bits per heavy atom. The van der Waals surface area contributed by atoms with E-state index in [1.165, 1.54) is 0 Å². The number of nitrogens with one attached hydrogen (secondary N) is 1. The Labute approximate surface area is 125 Å². The summed E-state index contributed by atoms with van der Waals surface area (Å²) in [5.41, 5.74) is -0.585. The molecule has 0 aliphatic heterocycles. The van der Waals surface area contributed by atoms with Crippen LogP contribution in [0.2, 0.25) is 5.02 Å². The van der Waals surface area contributed by atoms with Crippen LogP contribution in [0.5, 0.6) is 0 Å². The summed E-state index contributed by atoms with van der Waals surface area (Å²) < 4.78 is 0. The van der Waals surface area contributed by atoms with Crippen LogP contribution in [0.3, 0.4) is 0 Å². The number of benzene rings is 1. The van der Waals surface area contributed by atoms with E-state index in [4.69, 9.17) is 11.6 Å². The van der Waals surface area contributed by atoms with Crippen molar-refractivity contribution in [2.45, 2.75) is 31.9 Å². The zero-order valence-corrected chi connectivity index (χ0v) is 13.2. The molecule has 0 fully saturated rings. The van der Waals surface area contributed by atoms with E-state index < -0.39 is 5.60 Å². The zero-order valence-electron chi connectivity index (χ0n) is 12.5. The van der Waals surface area contributed by atoms with E-state index in [-0.39, 0.29) is 18.5 Å². The Balaban J connectivity index is 2.73. The highest BCUT2D eigenvalue weighted by Crippen LogP contribution is 2.27. The molecule has 0 aliphatic carbocycles. The molecule has 0 aliphatic rings. The molecule has 0 aromatic heterocycles. The molecule has 112 valence electrons. The third kappa shape index (κ3) is 4.20. The van der Waals surface area contributed by atoms with Crippen LogP contribution < -0.4 is 5.32 Å². The van der Waals surface area contributed by atoms with Crippen LogP contribution in [0.25, 0.3) is 0 Å². The van der Waals surface area contributed by atoms with Crippen molar-refractivity contribution >= 4 is 17.5 Å². The smallest absolute Gasteiger partial charge is 0.237 e. The first-order valence-corrected chi connectivity index (χ1v) is 7.09. The van der Waals surface area contributed by atoms with Crippen LogP contribution >= 0.6 is 11.6 Å². The molecule has 1 aromatic carbocycles. The molecule has 1 rings (SSSR count). The molecule has 2 N–H and O–H groups in total. The molecule has 1 aromatic rings. The third-order valence-corrected chi connectivity index (χ3v) is 3.70. The summed E-state index contributed by atoms with van der Waals surface area (Å²) in [6.45, 7) is 3.72. The molecule has 0 heterocycles. The van der Waals surface area contributed by atoms with Gasteiger partial charge in [-0.25, -0.2) is 0 Å². The first-order valence-electron chi connectivity index (χ1n) is 6.71. The fourth-order valence-electron chi connectivity index (χ4n) is 2.16. The Kier molecular flexibility index (Phi) is 5.99. The summed E-state index contributed by atoms with van der Waals surface area (Å²) in [5.74, 6) is -0.0928. The van der Waals surface area contributed by atoms with Gasteiger partial charge in [0, 0.05) is 10.6 Å². The SMILES string of the molecule is CC[C@H](C(=O)NC[C@](C)(O)c1ccccc1Cl)N(C)C. The quantitative estimate of drug-likeness (QED) is 0.845. The number of carbonyl (C=O) groups excluding carboxylic acids is 1. The highest BCUT2D eigenvalue weighted by atomic mass is 35.5. The summed E-state index contributed by atoms with van der Waals surface area (Å²) in [6, 6.07) is 6.91. The standard InChI is InChI=1S/C15H23ClN2O2/c1-5-13(18(3)4)14(19)17-10-15(2,20)11-8-6-7-9-12(11)16/h6-9,13,20H,5,10H2,1-4H3,(H,17,19)/t13-,15+/m1/s1. The third-order valence-electron chi connectivity index (χ3n) is 3.37. The van der Waals surface area contributed by atoms with Crippen LogP contribution in [0.1, 0.15) is 25.8 Å². The summed E-state index contributed by atoms with van der Waals surface area (Å²) >= 11 is 6.08. The fraction of sp³-hybridized carbons (Fsp3) is 0.533. The van der Waals surface area contributed by atoms with Crippen molar-refractivity contribution in [2.75, 3.05) is 20.6 Å². The number of nitrogens with zero attached hydrogens (tertiary/aromatic N) is 1. The number of hydrogen-bond donors (Lipinski definition) is 2. The molecule has 0 unspecified atom stereocenters. The molecule has 5 heteroatoms. The lowest BCUT2D eigenvalue weighted by atomic mass is 9.95. The minimum Gasteiger partial charge on any atom is -0.384 e. The van der Waals surface area contributed by atoms with Crippen molar-refractivity contribution in [3.63, 3.8) is 0 Å². The van der Waals surface area contributed by atoms with Crippen molar-refractivity contribution in [1.82, 2.24) is 10.2 Å². The molecule has 0 radical (unpaired) electrons. The van der Waals surface area contributed by atoms with Gasteiger partial charge in [0.25, 0.3) is 0 Å². The molecule has 4 nitrogen and oxygen atoms in total. The topological polar surface area (TPSA) is 52.6 Å². The van der Waals surface area contributed by atoms with Gasteiger partial charge in [-0.3, -0.25) is 9.69 Å². The lowest BCUT2D eigenvalue weighted by Crippen LogP contribution is -2.47. The van der Waals surface area contributed by atoms with Crippen LogP contribution in [-0.4, -0.2) is 42.6 Å². The molecule has 20 heavy (non-hydrogen) atoms. The number of halogens is 1. The van der Waals surface area contributed by atoms with Gasteiger partial charge in [0.15, 0.2) is 0 Å². The second kappa shape index (κ2) is 7.07. The highest BCUT2D eigenvalue weighted by Gasteiger charge is 2.27. The van der Waals surface area contributed by atoms with Gasteiger partial charge in [0.1, 0.15) is 5.60 Å². The number of aliphatic hydroxyl groups is 1. The highest BCUT2D eigenvalue weighted by molar-refractivity contribution is 6.31. The van der Waals surface area contributed by atoms with Gasteiger partial charge < -0.3 is 10.4 Å². The van der Waals surface area contributed by atoms with Gasteiger partial charge in [-0.2, -0.15) is 0 Å². The van der Waals surface area contributed by atoms with E-state index >= 15 is 0 Å². The minimum absolute atomic E-state index is 0.0928. The second-order valence-corrected chi connectivity index (χ2v) is 5.77. The second-order valence-electron chi connectivity index (χ2n) is 5.36. The van der Waals surface area contributed by atoms with E-state index in [9.17, 15) is 9.90 Å². The van der Waals surface area contributed by atoms with Crippen LogP contribution in [0.15, 0.2) is 24.3 Å². The molecule has 2 atom stereocenters. The van der Waals surface area contributed by atoms with Crippen molar-refractivity contribution in [2.24, 2.45) is 0 Å². The summed E-state index contributed by atoms with van der Waals surface area (Å²) in [5, 5.41) is 13.8. The lowest BCUT2D eigenvalue weighted by Gasteiger charge is -2.28. The van der Waals surface area contributed by atoms with E-state index in [0.717, 1.165) is 0 Å². The van der Waals surface area contributed by atoms with E-state index in [2.05, 4.69) is 5.32 Å². The maximum atomic E-state index is 12.1. The summed E-state index contributed by atoms with van der Waals surface area (Å²) in [4.78, 5) is 13.9. The van der Waals surface area contributed by atoms with E-state index in [0.29, 0.717) is 17.0 Å². The predicted octanol–water partition coefficient (Wildman–Crippen LogP) is 2.00. The predicted molar refractivity (Wildman–Crippen MR) is 81.8 cm³/mol. The normalized spacial score (nSPS) is 15.8. The first-order chi connectivity index (χ1) is 9.29. The molecule has 0 saturated heterocycles. The largest absolute Gasteiger partial charge is 0.384 e. The first kappa shape index (κ1) is 17.0. The maximum Gasteiger partial charge on any atom is 0.237 e. The van der Waals surface area contributed by atoms with Crippen molar-refractivity contribution < 1.29 is 9.90 Å². The van der Waals surface area contributed by atoms with Crippen molar-refractivity contribution in [3.05, 3.63) is 34.9 Å². The van der Waals surface area contributed by atoms with Gasteiger partial charge in [-0.05, 0) is 33.5 Å². The molecule has 0 bridgehead atoms.